The molecule has 0 saturated heterocycles. The van der Waals surface area contributed by atoms with Gasteiger partial charge in [0.15, 0.2) is 0 Å². The molecule has 1 amide bonds. The fourth-order valence-corrected chi connectivity index (χ4v) is 1.85. The quantitative estimate of drug-likeness (QED) is 0.783. The van der Waals surface area contributed by atoms with Gasteiger partial charge in [-0.2, -0.15) is 0 Å². The molecule has 0 spiro atoms. The van der Waals surface area contributed by atoms with Crippen LogP contribution in [0.15, 0.2) is 18.3 Å². The van der Waals surface area contributed by atoms with E-state index in [1.54, 1.807) is 12.3 Å². The molecule has 4 heteroatoms. The van der Waals surface area contributed by atoms with E-state index in [9.17, 15) is 4.79 Å². The minimum atomic E-state index is 0.0953. The van der Waals surface area contributed by atoms with E-state index in [4.69, 9.17) is 0 Å². The van der Waals surface area contributed by atoms with E-state index in [1.807, 2.05) is 17.9 Å². The van der Waals surface area contributed by atoms with Crippen LogP contribution in [0.2, 0.25) is 0 Å². The number of rotatable bonds is 8. The van der Waals surface area contributed by atoms with Gasteiger partial charge in [-0.3, -0.25) is 4.79 Å². The van der Waals surface area contributed by atoms with Gasteiger partial charge in [0.25, 0.3) is 5.91 Å². The summed E-state index contributed by atoms with van der Waals surface area (Å²) < 4.78 is 0. The van der Waals surface area contributed by atoms with Gasteiger partial charge in [0, 0.05) is 31.4 Å². The number of amides is 1. The Kier molecular flexibility index (Phi) is 6.93. The molecule has 0 radical (unpaired) electrons. The molecule has 1 aromatic rings. The molecule has 1 aromatic heterocycles. The predicted octanol–water partition coefficient (Wildman–Crippen LogP) is 3.17. The number of anilines is 1. The van der Waals surface area contributed by atoms with Crippen LogP contribution < -0.4 is 5.32 Å². The Labute approximate surface area is 116 Å². The van der Waals surface area contributed by atoms with Crippen molar-refractivity contribution in [2.45, 2.75) is 40.0 Å². The smallest absolute Gasteiger partial charge is 0.254 e. The second-order valence-electron chi connectivity index (χ2n) is 4.59. The Morgan fingerprint density at radius 1 is 1.32 bits per heavy atom. The van der Waals surface area contributed by atoms with Crippen molar-refractivity contribution in [2.75, 3.05) is 25.0 Å². The number of pyridine rings is 1. The summed E-state index contributed by atoms with van der Waals surface area (Å²) in [7, 11) is 0. The first-order valence-electron chi connectivity index (χ1n) is 7.22. The Bertz CT molecular complexity index is 393. The molecule has 0 aromatic carbocycles. The molecule has 106 valence electrons. The Balaban J connectivity index is 2.74. The number of unbranched alkanes of at least 4 members (excludes halogenated alkanes) is 1. The van der Waals surface area contributed by atoms with Gasteiger partial charge in [-0.1, -0.05) is 20.3 Å². The van der Waals surface area contributed by atoms with Crippen molar-refractivity contribution >= 4 is 11.7 Å². The fraction of sp³-hybridized carbons (Fsp3) is 0.600. The predicted molar refractivity (Wildman–Crippen MR) is 79.5 cm³/mol. The molecule has 19 heavy (non-hydrogen) atoms. The number of hydrogen-bond donors (Lipinski definition) is 1. The van der Waals surface area contributed by atoms with Gasteiger partial charge in [0.1, 0.15) is 5.82 Å². The van der Waals surface area contributed by atoms with Crippen molar-refractivity contribution in [1.82, 2.24) is 9.88 Å². The van der Waals surface area contributed by atoms with Crippen molar-refractivity contribution in [1.29, 1.82) is 0 Å². The van der Waals surface area contributed by atoms with Gasteiger partial charge in [0.05, 0.1) is 0 Å². The number of nitrogens with zero attached hydrogens (tertiary/aromatic N) is 2. The van der Waals surface area contributed by atoms with E-state index in [0.29, 0.717) is 5.56 Å². The summed E-state index contributed by atoms with van der Waals surface area (Å²) in [5.74, 6) is 0.872. The average molecular weight is 263 g/mol. The van der Waals surface area contributed by atoms with Crippen LogP contribution in [0.4, 0.5) is 5.82 Å². The molecular formula is C15H25N3O. The third-order valence-electron chi connectivity index (χ3n) is 3.01. The molecule has 0 aliphatic carbocycles. The largest absolute Gasteiger partial charge is 0.370 e. The maximum atomic E-state index is 12.4. The Morgan fingerprint density at radius 2 is 2.11 bits per heavy atom. The highest BCUT2D eigenvalue weighted by atomic mass is 16.2. The summed E-state index contributed by atoms with van der Waals surface area (Å²) in [5.41, 5.74) is 0.714. The van der Waals surface area contributed by atoms with E-state index in [1.165, 1.54) is 0 Å². The van der Waals surface area contributed by atoms with Gasteiger partial charge in [-0.25, -0.2) is 4.98 Å². The van der Waals surface area contributed by atoms with Crippen LogP contribution in [0.1, 0.15) is 50.4 Å². The molecule has 0 fully saturated rings. The number of carbonyl (C=O) groups is 1. The number of carbonyl (C=O) groups excluding carboxylic acids is 1. The minimum Gasteiger partial charge on any atom is -0.370 e. The average Bonchev–Trinajstić information content (AvgIpc) is 2.46. The minimum absolute atomic E-state index is 0.0953. The molecule has 0 saturated carbocycles. The highest BCUT2D eigenvalue weighted by Crippen LogP contribution is 2.10. The summed E-state index contributed by atoms with van der Waals surface area (Å²) >= 11 is 0. The highest BCUT2D eigenvalue weighted by molar-refractivity contribution is 5.94. The van der Waals surface area contributed by atoms with E-state index in [-0.39, 0.29) is 5.91 Å². The maximum Gasteiger partial charge on any atom is 0.254 e. The first-order valence-corrected chi connectivity index (χ1v) is 7.22. The van der Waals surface area contributed by atoms with Crippen molar-refractivity contribution in [3.05, 3.63) is 23.9 Å². The topological polar surface area (TPSA) is 45.2 Å². The molecule has 0 aliphatic heterocycles. The van der Waals surface area contributed by atoms with Gasteiger partial charge < -0.3 is 10.2 Å². The van der Waals surface area contributed by atoms with Crippen LogP contribution in [-0.2, 0) is 0 Å². The number of nitrogens with one attached hydrogen (secondary N) is 1. The van der Waals surface area contributed by atoms with E-state index >= 15 is 0 Å². The van der Waals surface area contributed by atoms with Gasteiger partial charge >= 0.3 is 0 Å². The lowest BCUT2D eigenvalue weighted by molar-refractivity contribution is 0.0762. The maximum absolute atomic E-state index is 12.4. The van der Waals surface area contributed by atoms with Crippen LogP contribution in [0.25, 0.3) is 0 Å². The molecule has 0 aliphatic rings. The van der Waals surface area contributed by atoms with Crippen LogP contribution in [0.5, 0.6) is 0 Å². The summed E-state index contributed by atoms with van der Waals surface area (Å²) in [6, 6.07) is 3.63. The van der Waals surface area contributed by atoms with E-state index < -0.39 is 0 Å². The Morgan fingerprint density at radius 3 is 2.74 bits per heavy atom. The van der Waals surface area contributed by atoms with Crippen LogP contribution in [0, 0.1) is 0 Å². The van der Waals surface area contributed by atoms with Crippen molar-refractivity contribution < 1.29 is 4.79 Å². The van der Waals surface area contributed by atoms with Crippen LogP contribution in [0.3, 0.4) is 0 Å². The van der Waals surface area contributed by atoms with Crippen molar-refractivity contribution in [3.63, 3.8) is 0 Å². The van der Waals surface area contributed by atoms with Crippen LogP contribution in [-0.4, -0.2) is 35.4 Å². The standard InChI is InChI=1S/C15H25N3O/c1-4-7-11-18(6-3)15(19)13-8-10-17-14(12-13)16-9-5-2/h8,10,12H,4-7,9,11H2,1-3H3,(H,16,17). The third-order valence-corrected chi connectivity index (χ3v) is 3.01. The van der Waals surface area contributed by atoms with E-state index in [0.717, 1.165) is 44.7 Å². The molecule has 1 heterocycles. The lowest BCUT2D eigenvalue weighted by atomic mass is 10.2. The second-order valence-corrected chi connectivity index (χ2v) is 4.59. The SMILES string of the molecule is CCCCN(CC)C(=O)c1ccnc(NCCC)c1. The summed E-state index contributed by atoms with van der Waals surface area (Å²) in [5, 5.41) is 3.21. The molecular weight excluding hydrogens is 238 g/mol. The third kappa shape index (κ3) is 4.89. The molecule has 0 atom stereocenters. The summed E-state index contributed by atoms with van der Waals surface area (Å²) in [6.45, 7) is 8.71. The summed E-state index contributed by atoms with van der Waals surface area (Å²) in [6.07, 6.45) is 4.88. The number of hydrogen-bond acceptors (Lipinski definition) is 3. The normalized spacial score (nSPS) is 10.3. The molecule has 0 unspecified atom stereocenters. The van der Waals surface area contributed by atoms with Gasteiger partial charge in [-0.05, 0) is 31.9 Å². The Hall–Kier alpha value is -1.58. The molecule has 4 nitrogen and oxygen atoms in total. The zero-order chi connectivity index (χ0) is 14.1. The summed E-state index contributed by atoms with van der Waals surface area (Å²) in [4.78, 5) is 18.5. The fourth-order valence-electron chi connectivity index (χ4n) is 1.85. The first kappa shape index (κ1) is 15.5. The van der Waals surface area contributed by atoms with Crippen molar-refractivity contribution in [3.8, 4) is 0 Å². The molecule has 1 N–H and O–H groups in total. The highest BCUT2D eigenvalue weighted by Gasteiger charge is 2.14. The first-order chi connectivity index (χ1) is 9.22. The lowest BCUT2D eigenvalue weighted by Crippen LogP contribution is -2.31. The van der Waals surface area contributed by atoms with Gasteiger partial charge in [-0.15, -0.1) is 0 Å². The number of aromatic nitrogens is 1. The van der Waals surface area contributed by atoms with Gasteiger partial charge in [0.2, 0.25) is 0 Å². The lowest BCUT2D eigenvalue weighted by Gasteiger charge is -2.20. The monoisotopic (exact) mass is 263 g/mol. The van der Waals surface area contributed by atoms with Crippen molar-refractivity contribution in [2.24, 2.45) is 0 Å². The molecule has 0 bridgehead atoms. The zero-order valence-corrected chi connectivity index (χ0v) is 12.3. The molecule has 1 rings (SSSR count). The van der Waals surface area contributed by atoms with Crippen LogP contribution >= 0.6 is 0 Å². The van der Waals surface area contributed by atoms with E-state index in [2.05, 4.69) is 24.1 Å². The zero-order valence-electron chi connectivity index (χ0n) is 12.3. The second kappa shape index (κ2) is 8.51.